The number of piperazine rings is 1. The molecule has 31 heavy (non-hydrogen) atoms. The van der Waals surface area contributed by atoms with Crippen molar-refractivity contribution in [1.82, 2.24) is 24.8 Å². The van der Waals surface area contributed by atoms with Gasteiger partial charge in [0.25, 0.3) is 0 Å². The number of aromatic nitrogens is 2. The SMILES string of the molecule is COc1ccc(-c2noc(CN3CCN(CC(=O)N4CCCCCCC4)CC3)n2)cc1. The summed E-state index contributed by atoms with van der Waals surface area (Å²) in [6.07, 6.45) is 6.09. The van der Waals surface area contributed by atoms with E-state index in [9.17, 15) is 4.79 Å². The molecule has 3 heterocycles. The zero-order valence-electron chi connectivity index (χ0n) is 18.5. The fourth-order valence-corrected chi connectivity index (χ4v) is 4.26. The number of carbonyl (C=O) groups excluding carboxylic acids is 1. The molecular formula is C23H33N5O3. The summed E-state index contributed by atoms with van der Waals surface area (Å²) in [4.78, 5) is 23.9. The molecule has 168 valence electrons. The Balaban J connectivity index is 1.23. The second kappa shape index (κ2) is 10.7. The zero-order chi connectivity index (χ0) is 21.5. The van der Waals surface area contributed by atoms with Crippen LogP contribution in [0.4, 0.5) is 0 Å². The highest BCUT2D eigenvalue weighted by atomic mass is 16.5. The zero-order valence-corrected chi connectivity index (χ0v) is 18.5. The second-order valence-corrected chi connectivity index (χ2v) is 8.44. The van der Waals surface area contributed by atoms with Crippen molar-refractivity contribution >= 4 is 5.91 Å². The Hall–Kier alpha value is -2.45. The lowest BCUT2D eigenvalue weighted by molar-refractivity contribution is -0.133. The molecule has 0 N–H and O–H groups in total. The summed E-state index contributed by atoms with van der Waals surface area (Å²) in [6.45, 7) is 6.59. The lowest BCUT2D eigenvalue weighted by Crippen LogP contribution is -2.50. The van der Waals surface area contributed by atoms with Gasteiger partial charge in [-0.1, -0.05) is 24.4 Å². The summed E-state index contributed by atoms with van der Waals surface area (Å²) in [7, 11) is 1.65. The third-order valence-corrected chi connectivity index (χ3v) is 6.21. The number of hydrogen-bond acceptors (Lipinski definition) is 7. The van der Waals surface area contributed by atoms with Gasteiger partial charge in [0.05, 0.1) is 20.2 Å². The minimum absolute atomic E-state index is 0.288. The second-order valence-electron chi connectivity index (χ2n) is 8.44. The van der Waals surface area contributed by atoms with Gasteiger partial charge in [-0.05, 0) is 37.1 Å². The maximum absolute atomic E-state index is 12.7. The molecule has 0 unspecified atom stereocenters. The van der Waals surface area contributed by atoms with Crippen molar-refractivity contribution < 1.29 is 14.1 Å². The first kappa shape index (κ1) is 21.8. The van der Waals surface area contributed by atoms with Crippen molar-refractivity contribution in [1.29, 1.82) is 0 Å². The van der Waals surface area contributed by atoms with E-state index in [0.717, 1.165) is 63.4 Å². The van der Waals surface area contributed by atoms with Crippen LogP contribution >= 0.6 is 0 Å². The van der Waals surface area contributed by atoms with Crippen LogP contribution in [0.15, 0.2) is 28.8 Å². The third kappa shape index (κ3) is 6.04. The summed E-state index contributed by atoms with van der Waals surface area (Å²) in [5.74, 6) is 2.30. The normalized spacial score (nSPS) is 19.1. The Kier molecular flexibility index (Phi) is 7.53. The summed E-state index contributed by atoms with van der Waals surface area (Å²) in [6, 6.07) is 7.63. The molecule has 1 aromatic carbocycles. The number of likely N-dealkylation sites (tertiary alicyclic amines) is 1. The van der Waals surface area contributed by atoms with Gasteiger partial charge in [0.2, 0.25) is 17.6 Å². The van der Waals surface area contributed by atoms with Crippen molar-refractivity contribution in [3.63, 3.8) is 0 Å². The van der Waals surface area contributed by atoms with Gasteiger partial charge < -0.3 is 14.2 Å². The predicted octanol–water partition coefficient (Wildman–Crippen LogP) is 2.66. The van der Waals surface area contributed by atoms with Gasteiger partial charge in [-0.3, -0.25) is 14.6 Å². The highest BCUT2D eigenvalue weighted by Gasteiger charge is 2.23. The Labute approximate surface area is 184 Å². The van der Waals surface area contributed by atoms with Crippen molar-refractivity contribution in [2.75, 3.05) is 52.9 Å². The smallest absolute Gasteiger partial charge is 0.241 e. The van der Waals surface area contributed by atoms with Gasteiger partial charge in [0, 0.05) is 44.8 Å². The molecule has 0 bridgehead atoms. The lowest BCUT2D eigenvalue weighted by atomic mass is 10.1. The predicted molar refractivity (Wildman–Crippen MR) is 118 cm³/mol. The van der Waals surface area contributed by atoms with Crippen LogP contribution in [0.1, 0.15) is 38.0 Å². The van der Waals surface area contributed by atoms with E-state index in [-0.39, 0.29) is 5.91 Å². The molecule has 0 saturated carbocycles. The van der Waals surface area contributed by atoms with Crippen LogP contribution in [-0.2, 0) is 11.3 Å². The van der Waals surface area contributed by atoms with Gasteiger partial charge in [-0.2, -0.15) is 4.98 Å². The standard InChI is InChI=1S/C23H33N5O3/c1-30-20-9-7-19(8-10-20)23-24-21(31-25-23)17-26-13-15-27(16-14-26)18-22(29)28-11-5-3-2-4-6-12-28/h7-10H,2-6,11-18H2,1H3. The molecule has 2 saturated heterocycles. The van der Waals surface area contributed by atoms with E-state index in [1.165, 1.54) is 19.3 Å². The summed E-state index contributed by atoms with van der Waals surface area (Å²) >= 11 is 0. The van der Waals surface area contributed by atoms with Crippen molar-refractivity contribution in [2.45, 2.75) is 38.6 Å². The summed E-state index contributed by atoms with van der Waals surface area (Å²) in [5.41, 5.74) is 0.906. The van der Waals surface area contributed by atoms with Crippen molar-refractivity contribution in [2.24, 2.45) is 0 Å². The minimum Gasteiger partial charge on any atom is -0.497 e. The number of amides is 1. The van der Waals surface area contributed by atoms with Crippen LogP contribution in [0.25, 0.3) is 11.4 Å². The van der Waals surface area contributed by atoms with Crippen LogP contribution < -0.4 is 4.74 Å². The van der Waals surface area contributed by atoms with Gasteiger partial charge in [-0.25, -0.2) is 0 Å². The Bertz CT molecular complexity index is 822. The lowest BCUT2D eigenvalue weighted by Gasteiger charge is -2.35. The molecule has 0 spiro atoms. The molecule has 0 radical (unpaired) electrons. The molecular weight excluding hydrogens is 394 g/mol. The molecule has 0 atom stereocenters. The van der Waals surface area contributed by atoms with Crippen molar-refractivity contribution in [3.05, 3.63) is 30.2 Å². The van der Waals surface area contributed by atoms with Crippen LogP contribution in [0.5, 0.6) is 5.75 Å². The number of nitrogens with zero attached hydrogens (tertiary/aromatic N) is 5. The van der Waals surface area contributed by atoms with Crippen LogP contribution in [0.2, 0.25) is 0 Å². The maximum atomic E-state index is 12.7. The summed E-state index contributed by atoms with van der Waals surface area (Å²) in [5, 5.41) is 4.11. The molecule has 1 aromatic heterocycles. The largest absolute Gasteiger partial charge is 0.497 e. The molecule has 2 aromatic rings. The van der Waals surface area contributed by atoms with E-state index in [1.807, 2.05) is 24.3 Å². The average molecular weight is 428 g/mol. The quantitative estimate of drug-likeness (QED) is 0.702. The number of methoxy groups -OCH3 is 1. The highest BCUT2D eigenvalue weighted by molar-refractivity contribution is 5.78. The maximum Gasteiger partial charge on any atom is 0.241 e. The first-order valence-corrected chi connectivity index (χ1v) is 11.4. The fourth-order valence-electron chi connectivity index (χ4n) is 4.26. The van der Waals surface area contributed by atoms with Crippen molar-refractivity contribution in [3.8, 4) is 17.1 Å². The number of hydrogen-bond donors (Lipinski definition) is 0. The Morgan fingerprint density at radius 2 is 1.58 bits per heavy atom. The van der Waals surface area contributed by atoms with E-state index in [4.69, 9.17) is 9.26 Å². The molecule has 0 aliphatic carbocycles. The molecule has 8 nitrogen and oxygen atoms in total. The Morgan fingerprint density at radius 3 is 2.26 bits per heavy atom. The summed E-state index contributed by atoms with van der Waals surface area (Å²) < 4.78 is 10.7. The minimum atomic E-state index is 0.288. The molecule has 2 aliphatic rings. The van der Waals surface area contributed by atoms with Crippen LogP contribution in [0, 0.1) is 0 Å². The van der Waals surface area contributed by atoms with E-state index in [2.05, 4.69) is 24.8 Å². The Morgan fingerprint density at radius 1 is 0.935 bits per heavy atom. The third-order valence-electron chi connectivity index (χ3n) is 6.21. The van der Waals surface area contributed by atoms with E-state index in [1.54, 1.807) is 7.11 Å². The van der Waals surface area contributed by atoms with Gasteiger partial charge >= 0.3 is 0 Å². The van der Waals surface area contributed by atoms with E-state index in [0.29, 0.717) is 24.8 Å². The number of rotatable bonds is 6. The number of benzene rings is 1. The number of ether oxygens (including phenoxy) is 1. The monoisotopic (exact) mass is 427 g/mol. The molecule has 2 aliphatic heterocycles. The van der Waals surface area contributed by atoms with Gasteiger partial charge in [-0.15, -0.1) is 0 Å². The van der Waals surface area contributed by atoms with Gasteiger partial charge in [0.1, 0.15) is 5.75 Å². The van der Waals surface area contributed by atoms with E-state index >= 15 is 0 Å². The van der Waals surface area contributed by atoms with Gasteiger partial charge in [0.15, 0.2) is 0 Å². The number of carbonyl (C=O) groups is 1. The topological polar surface area (TPSA) is 74.9 Å². The first-order chi connectivity index (χ1) is 15.2. The first-order valence-electron chi connectivity index (χ1n) is 11.4. The fraction of sp³-hybridized carbons (Fsp3) is 0.609. The molecule has 8 heteroatoms. The highest BCUT2D eigenvalue weighted by Crippen LogP contribution is 2.20. The van der Waals surface area contributed by atoms with E-state index < -0.39 is 0 Å². The molecule has 1 amide bonds. The molecule has 4 rings (SSSR count). The average Bonchev–Trinajstić information content (AvgIpc) is 3.23. The van der Waals surface area contributed by atoms with Crippen LogP contribution in [0.3, 0.4) is 0 Å². The van der Waals surface area contributed by atoms with Crippen LogP contribution in [-0.4, -0.2) is 83.7 Å². The molecule has 2 fully saturated rings.